The Labute approximate surface area is 148 Å². The zero-order chi connectivity index (χ0) is 18.1. The number of methoxy groups -OCH3 is 1. The average molecular weight is 365 g/mol. The maximum atomic E-state index is 12.5. The molecular formula is C17H17ClN2O5. The topological polar surface area (TPSA) is 88.8 Å². The largest absolute Gasteiger partial charge is 0.468 e. The summed E-state index contributed by atoms with van der Waals surface area (Å²) in [5.41, 5.74) is -0.459. The molecule has 132 valence electrons. The van der Waals surface area contributed by atoms with Crippen molar-refractivity contribution in [1.29, 1.82) is 0 Å². The minimum Gasteiger partial charge on any atom is -0.468 e. The number of hydrogen-bond donors (Lipinski definition) is 1. The Balaban J connectivity index is 1.80. The molecule has 1 amide bonds. The van der Waals surface area contributed by atoms with E-state index in [1.165, 1.54) is 13.2 Å². The second kappa shape index (κ2) is 6.85. The van der Waals surface area contributed by atoms with Crippen LogP contribution in [-0.4, -0.2) is 49.6 Å². The van der Waals surface area contributed by atoms with Gasteiger partial charge in [0, 0.05) is 23.0 Å². The van der Waals surface area contributed by atoms with E-state index in [1.54, 1.807) is 30.1 Å². The average Bonchev–Trinajstić information content (AvgIpc) is 2.94. The van der Waals surface area contributed by atoms with Gasteiger partial charge >= 0.3 is 11.6 Å². The third-order valence-electron chi connectivity index (χ3n) is 4.30. The number of fused-ring (bicyclic) bond motifs is 1. The first-order valence-corrected chi connectivity index (χ1v) is 8.09. The van der Waals surface area contributed by atoms with Crippen molar-refractivity contribution in [1.82, 2.24) is 10.2 Å². The molecule has 1 aromatic heterocycles. The third kappa shape index (κ3) is 3.52. The molecule has 0 saturated carbocycles. The highest BCUT2D eigenvalue weighted by Crippen LogP contribution is 2.20. The van der Waals surface area contributed by atoms with Gasteiger partial charge in [0.1, 0.15) is 17.2 Å². The van der Waals surface area contributed by atoms with Crippen molar-refractivity contribution in [2.45, 2.75) is 18.5 Å². The number of nitrogens with zero attached hydrogens (tertiary/aromatic N) is 1. The van der Waals surface area contributed by atoms with Crippen molar-refractivity contribution in [2.24, 2.45) is 0 Å². The van der Waals surface area contributed by atoms with Crippen LogP contribution in [0.5, 0.6) is 0 Å². The summed E-state index contributed by atoms with van der Waals surface area (Å²) in [5.74, 6) is -0.890. The van der Waals surface area contributed by atoms with Gasteiger partial charge in [-0.2, -0.15) is 0 Å². The molecule has 0 aliphatic carbocycles. The Bertz CT molecular complexity index is 894. The first-order chi connectivity index (χ1) is 11.9. The zero-order valence-corrected chi connectivity index (χ0v) is 14.5. The molecule has 2 heterocycles. The van der Waals surface area contributed by atoms with Crippen LogP contribution in [0.2, 0.25) is 5.02 Å². The smallest absolute Gasteiger partial charge is 0.349 e. The van der Waals surface area contributed by atoms with E-state index in [0.717, 1.165) is 0 Å². The SMILES string of the molecule is COC(=O)[C@@H]1C[C@@H](NC(=O)c2cc3cc(Cl)ccc3oc2=O)CN1C. The van der Waals surface area contributed by atoms with Gasteiger partial charge in [-0.15, -0.1) is 0 Å². The minimum absolute atomic E-state index is 0.0982. The first kappa shape index (κ1) is 17.4. The van der Waals surface area contributed by atoms with E-state index in [-0.39, 0.29) is 17.6 Å². The number of hydrogen-bond acceptors (Lipinski definition) is 6. The molecule has 2 atom stereocenters. The zero-order valence-electron chi connectivity index (χ0n) is 13.7. The lowest BCUT2D eigenvalue weighted by Gasteiger charge is -2.15. The van der Waals surface area contributed by atoms with E-state index in [0.29, 0.717) is 29.0 Å². The van der Waals surface area contributed by atoms with E-state index in [9.17, 15) is 14.4 Å². The number of likely N-dealkylation sites (N-methyl/N-ethyl adjacent to an activating group) is 1. The molecule has 25 heavy (non-hydrogen) atoms. The molecule has 3 rings (SSSR count). The van der Waals surface area contributed by atoms with Crippen LogP contribution >= 0.6 is 11.6 Å². The third-order valence-corrected chi connectivity index (χ3v) is 4.53. The number of likely N-dealkylation sites (tertiary alicyclic amines) is 1. The van der Waals surface area contributed by atoms with Gasteiger partial charge < -0.3 is 14.5 Å². The molecule has 1 aromatic carbocycles. The lowest BCUT2D eigenvalue weighted by molar-refractivity contribution is -0.145. The molecule has 1 N–H and O–H groups in total. The summed E-state index contributed by atoms with van der Waals surface area (Å²) in [7, 11) is 3.10. The van der Waals surface area contributed by atoms with Crippen LogP contribution in [0, 0.1) is 0 Å². The molecule has 8 heteroatoms. The molecule has 1 aliphatic rings. The van der Waals surface area contributed by atoms with Gasteiger partial charge in [0.15, 0.2) is 0 Å². The van der Waals surface area contributed by atoms with Crippen LogP contribution in [0.25, 0.3) is 11.0 Å². The number of amides is 1. The molecule has 1 aliphatic heterocycles. The normalized spacial score (nSPS) is 20.6. The van der Waals surface area contributed by atoms with Crippen LogP contribution in [-0.2, 0) is 9.53 Å². The van der Waals surface area contributed by atoms with Crippen molar-refractivity contribution >= 4 is 34.4 Å². The maximum absolute atomic E-state index is 12.5. The fourth-order valence-electron chi connectivity index (χ4n) is 3.03. The second-order valence-electron chi connectivity index (χ2n) is 6.01. The number of nitrogens with one attached hydrogen (secondary N) is 1. The second-order valence-corrected chi connectivity index (χ2v) is 6.45. The highest BCUT2D eigenvalue weighted by Gasteiger charge is 2.36. The number of carbonyl (C=O) groups is 2. The van der Waals surface area contributed by atoms with Gasteiger partial charge in [-0.25, -0.2) is 4.79 Å². The van der Waals surface area contributed by atoms with Gasteiger partial charge in [0.25, 0.3) is 5.91 Å². The number of rotatable bonds is 3. The predicted octanol–water partition coefficient (Wildman–Crippen LogP) is 1.42. The Hall–Kier alpha value is -2.38. The van der Waals surface area contributed by atoms with Gasteiger partial charge in [-0.1, -0.05) is 11.6 Å². The van der Waals surface area contributed by atoms with Crippen molar-refractivity contribution in [2.75, 3.05) is 20.7 Å². The molecule has 0 spiro atoms. The summed E-state index contributed by atoms with van der Waals surface area (Å²) in [4.78, 5) is 38.0. The van der Waals surface area contributed by atoms with E-state index in [4.69, 9.17) is 20.8 Å². The molecule has 0 bridgehead atoms. The summed E-state index contributed by atoms with van der Waals surface area (Å²) >= 11 is 5.93. The van der Waals surface area contributed by atoms with Crippen LogP contribution in [0.15, 0.2) is 33.5 Å². The van der Waals surface area contributed by atoms with Gasteiger partial charge in [0.2, 0.25) is 0 Å². The molecule has 1 fully saturated rings. The molecule has 2 aromatic rings. The Morgan fingerprint density at radius 2 is 2.12 bits per heavy atom. The highest BCUT2D eigenvalue weighted by molar-refractivity contribution is 6.31. The van der Waals surface area contributed by atoms with Crippen LogP contribution in [0.4, 0.5) is 0 Å². The van der Waals surface area contributed by atoms with Crippen molar-refractivity contribution in [3.8, 4) is 0 Å². The Morgan fingerprint density at radius 3 is 2.84 bits per heavy atom. The van der Waals surface area contributed by atoms with E-state index in [1.807, 2.05) is 0 Å². The highest BCUT2D eigenvalue weighted by atomic mass is 35.5. The van der Waals surface area contributed by atoms with Gasteiger partial charge in [-0.05, 0) is 37.7 Å². The quantitative estimate of drug-likeness (QED) is 0.654. The number of benzene rings is 1. The monoisotopic (exact) mass is 364 g/mol. The van der Waals surface area contributed by atoms with Crippen molar-refractivity contribution in [3.63, 3.8) is 0 Å². The van der Waals surface area contributed by atoms with Crippen LogP contribution in [0.3, 0.4) is 0 Å². The molecule has 1 saturated heterocycles. The summed E-state index contributed by atoms with van der Waals surface area (Å²) < 4.78 is 9.92. The fourth-order valence-corrected chi connectivity index (χ4v) is 3.21. The lowest BCUT2D eigenvalue weighted by Crippen LogP contribution is -2.38. The lowest BCUT2D eigenvalue weighted by atomic mass is 10.1. The number of esters is 1. The number of halogens is 1. The first-order valence-electron chi connectivity index (χ1n) is 7.71. The predicted molar refractivity (Wildman–Crippen MR) is 91.8 cm³/mol. The van der Waals surface area contributed by atoms with Crippen LogP contribution < -0.4 is 10.9 Å². The summed E-state index contributed by atoms with van der Waals surface area (Å²) in [5, 5.41) is 3.81. The van der Waals surface area contributed by atoms with E-state index >= 15 is 0 Å². The van der Waals surface area contributed by atoms with Crippen LogP contribution in [0.1, 0.15) is 16.8 Å². The molecule has 0 radical (unpaired) electrons. The Kier molecular flexibility index (Phi) is 4.78. The fraction of sp³-hybridized carbons (Fsp3) is 0.353. The summed E-state index contributed by atoms with van der Waals surface area (Å²) in [6.07, 6.45) is 0.416. The Morgan fingerprint density at radius 1 is 1.36 bits per heavy atom. The summed E-state index contributed by atoms with van der Waals surface area (Å²) in [6.45, 7) is 0.482. The van der Waals surface area contributed by atoms with E-state index < -0.39 is 17.6 Å². The molecule has 7 nitrogen and oxygen atoms in total. The van der Waals surface area contributed by atoms with Gasteiger partial charge in [0.05, 0.1) is 7.11 Å². The number of ether oxygens (including phenoxy) is 1. The van der Waals surface area contributed by atoms with Gasteiger partial charge in [-0.3, -0.25) is 14.5 Å². The van der Waals surface area contributed by atoms with E-state index in [2.05, 4.69) is 5.32 Å². The number of carbonyl (C=O) groups excluding carboxylic acids is 2. The van der Waals surface area contributed by atoms with Crippen molar-refractivity contribution < 1.29 is 18.7 Å². The summed E-state index contributed by atoms with van der Waals surface area (Å²) in [6, 6.07) is 5.58. The molecule has 0 unspecified atom stereocenters. The van der Waals surface area contributed by atoms with Crippen molar-refractivity contribution in [3.05, 3.63) is 45.3 Å². The maximum Gasteiger partial charge on any atom is 0.349 e. The molecular weight excluding hydrogens is 348 g/mol. The minimum atomic E-state index is -0.719. The standard InChI is InChI=1S/C17H17ClN2O5/c1-20-8-11(7-13(20)17(23)24-2)19-15(21)12-6-9-5-10(18)3-4-14(9)25-16(12)22/h3-6,11,13H,7-8H2,1-2H3,(H,19,21)/t11-,13+/m1/s1.